The Kier molecular flexibility index (Phi) is 3.00. The Morgan fingerprint density at radius 1 is 1.50 bits per heavy atom. The van der Waals surface area contributed by atoms with Gasteiger partial charge in [0.25, 0.3) is 5.56 Å². The van der Waals surface area contributed by atoms with Gasteiger partial charge in [-0.15, -0.1) is 0 Å². The second-order valence-corrected chi connectivity index (χ2v) is 4.01. The second-order valence-electron chi connectivity index (χ2n) is 3.19. The third-order valence-corrected chi connectivity index (χ3v) is 2.35. The summed E-state index contributed by atoms with van der Waals surface area (Å²) in [6.45, 7) is 0. The van der Waals surface area contributed by atoms with Gasteiger partial charge in [-0.1, -0.05) is 0 Å². The van der Waals surface area contributed by atoms with E-state index in [4.69, 9.17) is 0 Å². The van der Waals surface area contributed by atoms with Crippen LogP contribution in [-0.2, 0) is 7.05 Å². The van der Waals surface area contributed by atoms with Crippen molar-refractivity contribution in [1.29, 1.82) is 0 Å². The molecule has 0 amide bonds. The van der Waals surface area contributed by atoms with E-state index in [-0.39, 0.29) is 11.4 Å². The highest BCUT2D eigenvalue weighted by molar-refractivity contribution is 9.10. The molecule has 2 aromatic heterocycles. The van der Waals surface area contributed by atoms with E-state index in [1.165, 1.54) is 4.57 Å². The summed E-state index contributed by atoms with van der Waals surface area (Å²) in [5.74, 6) is 0.268. The molecule has 2 rings (SSSR count). The van der Waals surface area contributed by atoms with Crippen molar-refractivity contribution in [3.8, 4) is 0 Å². The number of nitrogens with zero attached hydrogens (tertiary/aromatic N) is 3. The van der Waals surface area contributed by atoms with Crippen molar-refractivity contribution in [3.05, 3.63) is 45.7 Å². The van der Waals surface area contributed by atoms with Gasteiger partial charge >= 0.3 is 0 Å². The van der Waals surface area contributed by atoms with Crippen LogP contribution in [0.5, 0.6) is 0 Å². The summed E-state index contributed by atoms with van der Waals surface area (Å²) in [7, 11) is 1.67. The largest absolute Gasteiger partial charge is 0.334 e. The molecule has 0 spiro atoms. The molecule has 0 radical (unpaired) electrons. The molecule has 0 atom stereocenters. The van der Waals surface area contributed by atoms with E-state index in [1.807, 2.05) is 6.07 Å². The lowest BCUT2D eigenvalue weighted by Gasteiger charge is -2.06. The minimum absolute atomic E-state index is 0.188. The van der Waals surface area contributed by atoms with Crippen molar-refractivity contribution in [2.45, 2.75) is 0 Å². The van der Waals surface area contributed by atoms with Crippen molar-refractivity contribution in [2.24, 2.45) is 7.05 Å². The van der Waals surface area contributed by atoms with E-state index in [9.17, 15) is 4.79 Å². The van der Waals surface area contributed by atoms with E-state index in [1.54, 1.807) is 31.7 Å². The molecule has 82 valence electrons. The highest BCUT2D eigenvalue weighted by Gasteiger charge is 2.05. The lowest BCUT2D eigenvalue weighted by Crippen LogP contribution is -2.21. The predicted molar refractivity (Wildman–Crippen MR) is 64.7 cm³/mol. The van der Waals surface area contributed by atoms with Crippen molar-refractivity contribution >= 4 is 27.4 Å². The molecule has 0 saturated heterocycles. The van der Waals surface area contributed by atoms with Gasteiger partial charge in [0, 0.05) is 19.4 Å². The monoisotopic (exact) mass is 280 g/mol. The first-order valence-electron chi connectivity index (χ1n) is 4.57. The molecule has 0 unspecified atom stereocenters. The summed E-state index contributed by atoms with van der Waals surface area (Å²) in [5, 5.41) is 2.92. The van der Waals surface area contributed by atoms with Crippen LogP contribution in [0.2, 0.25) is 0 Å². The van der Waals surface area contributed by atoms with E-state index in [2.05, 4.69) is 31.2 Å². The lowest BCUT2D eigenvalue weighted by molar-refractivity contribution is 0.837. The maximum absolute atomic E-state index is 11.7. The first-order valence-corrected chi connectivity index (χ1v) is 5.36. The molecule has 0 fully saturated rings. The number of aryl methyl sites for hydroxylation is 1. The van der Waals surface area contributed by atoms with Crippen LogP contribution in [0.3, 0.4) is 0 Å². The molecule has 0 saturated carbocycles. The summed E-state index contributed by atoms with van der Waals surface area (Å²) < 4.78 is 2.05. The van der Waals surface area contributed by atoms with Crippen molar-refractivity contribution < 1.29 is 0 Å². The molecule has 6 heteroatoms. The Hall–Kier alpha value is -1.69. The van der Waals surface area contributed by atoms with Crippen LogP contribution in [0.4, 0.5) is 11.5 Å². The minimum Gasteiger partial charge on any atom is -0.334 e. The maximum atomic E-state index is 11.7. The number of hydrogen-bond donors (Lipinski definition) is 1. The number of hydrogen-bond acceptors (Lipinski definition) is 4. The van der Waals surface area contributed by atoms with E-state index >= 15 is 0 Å². The molecule has 16 heavy (non-hydrogen) atoms. The lowest BCUT2D eigenvalue weighted by atomic mass is 10.4. The molecule has 0 aliphatic rings. The third kappa shape index (κ3) is 2.27. The van der Waals surface area contributed by atoms with E-state index in [0.29, 0.717) is 4.60 Å². The van der Waals surface area contributed by atoms with Crippen molar-refractivity contribution in [3.63, 3.8) is 0 Å². The van der Waals surface area contributed by atoms with Gasteiger partial charge in [-0.2, -0.15) is 0 Å². The molecule has 0 aliphatic heterocycles. The summed E-state index contributed by atoms with van der Waals surface area (Å²) >= 11 is 3.23. The number of aromatic nitrogens is 3. The number of pyridine rings is 1. The summed E-state index contributed by atoms with van der Waals surface area (Å²) in [6.07, 6.45) is 4.90. The van der Waals surface area contributed by atoms with Gasteiger partial charge in [0.15, 0.2) is 5.82 Å². The van der Waals surface area contributed by atoms with Crippen LogP contribution >= 0.6 is 15.9 Å². The van der Waals surface area contributed by atoms with Gasteiger partial charge in [0.05, 0.1) is 11.9 Å². The predicted octanol–water partition coefficient (Wildman–Crippen LogP) is 1.68. The number of halogens is 1. The van der Waals surface area contributed by atoms with Crippen LogP contribution in [0.25, 0.3) is 0 Å². The number of nitrogens with one attached hydrogen (secondary N) is 1. The molecule has 0 bridgehead atoms. The Morgan fingerprint density at radius 3 is 3.00 bits per heavy atom. The zero-order valence-electron chi connectivity index (χ0n) is 8.51. The van der Waals surface area contributed by atoms with Gasteiger partial charge in [0.2, 0.25) is 0 Å². The van der Waals surface area contributed by atoms with Crippen molar-refractivity contribution in [1.82, 2.24) is 14.5 Å². The standard InChI is InChI=1S/C10H9BrN4O/c1-15-6-8(11)14-9(10(15)16)13-7-3-2-4-12-5-7/h2-6H,1H3,(H,13,14). The smallest absolute Gasteiger partial charge is 0.293 e. The SMILES string of the molecule is Cn1cc(Br)nc(Nc2cccnc2)c1=O. The molecule has 0 aromatic carbocycles. The zero-order chi connectivity index (χ0) is 11.5. The van der Waals surface area contributed by atoms with Gasteiger partial charge < -0.3 is 9.88 Å². The zero-order valence-corrected chi connectivity index (χ0v) is 10.1. The molecule has 1 N–H and O–H groups in total. The van der Waals surface area contributed by atoms with E-state index < -0.39 is 0 Å². The summed E-state index contributed by atoms with van der Waals surface area (Å²) in [5.41, 5.74) is 0.539. The van der Waals surface area contributed by atoms with Gasteiger partial charge in [-0.05, 0) is 28.1 Å². The molecule has 2 aromatic rings. The molecular weight excluding hydrogens is 272 g/mol. The van der Waals surface area contributed by atoms with Crippen LogP contribution in [-0.4, -0.2) is 14.5 Å². The summed E-state index contributed by atoms with van der Waals surface area (Å²) in [4.78, 5) is 19.7. The quantitative estimate of drug-likeness (QED) is 0.909. The number of anilines is 2. The average Bonchev–Trinajstić information content (AvgIpc) is 2.27. The van der Waals surface area contributed by atoms with Gasteiger partial charge in [-0.3, -0.25) is 9.78 Å². The molecule has 0 aliphatic carbocycles. The fourth-order valence-corrected chi connectivity index (χ4v) is 1.71. The first-order chi connectivity index (χ1) is 7.66. The van der Waals surface area contributed by atoms with Crippen LogP contribution in [0.15, 0.2) is 40.1 Å². The highest BCUT2D eigenvalue weighted by atomic mass is 79.9. The Labute approximate surface area is 100 Å². The summed E-state index contributed by atoms with van der Waals surface area (Å²) in [6, 6.07) is 3.60. The fraction of sp³-hybridized carbons (Fsp3) is 0.100. The Balaban J connectivity index is 2.39. The maximum Gasteiger partial charge on any atom is 0.293 e. The highest BCUT2D eigenvalue weighted by Crippen LogP contribution is 2.11. The molecular formula is C10H9BrN4O. The van der Waals surface area contributed by atoms with Gasteiger partial charge in [-0.25, -0.2) is 4.98 Å². The van der Waals surface area contributed by atoms with Crippen LogP contribution in [0, 0.1) is 0 Å². The normalized spacial score (nSPS) is 10.1. The van der Waals surface area contributed by atoms with Crippen LogP contribution in [0.1, 0.15) is 0 Å². The molecule has 2 heterocycles. The third-order valence-electron chi connectivity index (χ3n) is 1.97. The average molecular weight is 281 g/mol. The van der Waals surface area contributed by atoms with Gasteiger partial charge in [0.1, 0.15) is 4.60 Å². The first kappa shape index (κ1) is 10.8. The second kappa shape index (κ2) is 4.44. The molecule has 5 nitrogen and oxygen atoms in total. The Bertz CT molecular complexity index is 552. The van der Waals surface area contributed by atoms with Crippen molar-refractivity contribution in [2.75, 3.05) is 5.32 Å². The minimum atomic E-state index is -0.188. The van der Waals surface area contributed by atoms with Crippen LogP contribution < -0.4 is 10.9 Å². The topological polar surface area (TPSA) is 59.8 Å². The fourth-order valence-electron chi connectivity index (χ4n) is 1.22. The van der Waals surface area contributed by atoms with E-state index in [0.717, 1.165) is 5.69 Å². The number of rotatable bonds is 2. The Morgan fingerprint density at radius 2 is 2.31 bits per heavy atom.